The Hall–Kier alpha value is -2.24. The van der Waals surface area contributed by atoms with Crippen molar-refractivity contribution in [2.45, 2.75) is 20.8 Å². The maximum Gasteiger partial charge on any atom is 0.255 e. The van der Waals surface area contributed by atoms with E-state index >= 15 is 0 Å². The number of benzene rings is 1. The summed E-state index contributed by atoms with van der Waals surface area (Å²) in [6.45, 7) is 5.48. The lowest BCUT2D eigenvalue weighted by molar-refractivity contribution is 0.0941. The molecule has 1 amide bonds. The second-order valence-corrected chi connectivity index (χ2v) is 5.07. The quantitative estimate of drug-likeness (QED) is 0.284. The molecule has 1 rings (SSSR count). The molecule has 6 heteroatoms. The third-order valence-corrected chi connectivity index (χ3v) is 2.89. The van der Waals surface area contributed by atoms with Crippen LogP contribution in [0.15, 0.2) is 23.4 Å². The highest BCUT2D eigenvalue weighted by Gasteiger charge is 2.25. The number of aromatic hydroxyl groups is 1. The predicted octanol–water partition coefficient (Wildman–Crippen LogP) is 1.20. The van der Waals surface area contributed by atoms with Crippen LogP contribution in [-0.4, -0.2) is 28.6 Å². The molecule has 1 aromatic rings. The van der Waals surface area contributed by atoms with Gasteiger partial charge in [0.2, 0.25) is 0 Å². The Balaban J connectivity index is 2.76. The first kappa shape index (κ1) is 14.8. The van der Waals surface area contributed by atoms with E-state index in [9.17, 15) is 9.90 Å². The SMILES string of the molecule is Cc1ccc(C(=O)NCC(C)(C)/C(N)=N/O)c(O)c1. The second-order valence-electron chi connectivity index (χ2n) is 5.07. The van der Waals surface area contributed by atoms with Gasteiger partial charge in [0.25, 0.3) is 5.91 Å². The third-order valence-electron chi connectivity index (χ3n) is 2.89. The average Bonchev–Trinajstić information content (AvgIpc) is 2.35. The summed E-state index contributed by atoms with van der Waals surface area (Å²) in [6.07, 6.45) is 0. The molecule has 6 nitrogen and oxygen atoms in total. The summed E-state index contributed by atoms with van der Waals surface area (Å²) in [5.41, 5.74) is 5.91. The van der Waals surface area contributed by atoms with Crippen LogP contribution in [0.4, 0.5) is 0 Å². The van der Waals surface area contributed by atoms with E-state index in [4.69, 9.17) is 10.9 Å². The summed E-state index contributed by atoms with van der Waals surface area (Å²) >= 11 is 0. The van der Waals surface area contributed by atoms with E-state index in [0.29, 0.717) is 0 Å². The summed E-state index contributed by atoms with van der Waals surface area (Å²) in [5.74, 6) is -0.448. The number of carbonyl (C=O) groups is 1. The number of phenolic OH excluding ortho intramolecular Hbond substituents is 1. The van der Waals surface area contributed by atoms with Gasteiger partial charge in [-0.25, -0.2) is 0 Å². The zero-order chi connectivity index (χ0) is 14.6. The minimum Gasteiger partial charge on any atom is -0.507 e. The molecule has 1 aromatic carbocycles. The summed E-state index contributed by atoms with van der Waals surface area (Å²) in [5, 5.41) is 23.9. The van der Waals surface area contributed by atoms with Crippen LogP contribution in [0.25, 0.3) is 0 Å². The zero-order valence-electron chi connectivity index (χ0n) is 11.3. The first-order valence-corrected chi connectivity index (χ1v) is 5.84. The minimum absolute atomic E-state index is 0.0286. The van der Waals surface area contributed by atoms with Crippen LogP contribution in [-0.2, 0) is 0 Å². The molecule has 0 aliphatic carbocycles. The summed E-state index contributed by atoms with van der Waals surface area (Å²) in [7, 11) is 0. The number of phenols is 1. The van der Waals surface area contributed by atoms with E-state index < -0.39 is 11.3 Å². The highest BCUT2D eigenvalue weighted by molar-refractivity contribution is 5.97. The first-order valence-electron chi connectivity index (χ1n) is 5.84. The predicted molar refractivity (Wildman–Crippen MR) is 72.4 cm³/mol. The van der Waals surface area contributed by atoms with Crippen molar-refractivity contribution < 1.29 is 15.1 Å². The van der Waals surface area contributed by atoms with Crippen LogP contribution in [0.3, 0.4) is 0 Å². The number of hydrogen-bond donors (Lipinski definition) is 4. The molecule has 0 radical (unpaired) electrons. The van der Waals surface area contributed by atoms with E-state index in [2.05, 4.69) is 10.5 Å². The van der Waals surface area contributed by atoms with Crippen LogP contribution < -0.4 is 11.1 Å². The highest BCUT2D eigenvalue weighted by Crippen LogP contribution is 2.19. The molecule has 0 spiro atoms. The van der Waals surface area contributed by atoms with Gasteiger partial charge < -0.3 is 21.4 Å². The van der Waals surface area contributed by atoms with E-state index in [1.165, 1.54) is 6.07 Å². The molecule has 0 aliphatic heterocycles. The van der Waals surface area contributed by atoms with Crippen LogP contribution in [0, 0.1) is 12.3 Å². The van der Waals surface area contributed by atoms with Gasteiger partial charge >= 0.3 is 0 Å². The Labute approximate surface area is 111 Å². The molecule has 0 heterocycles. The molecule has 0 aliphatic rings. The summed E-state index contributed by atoms with van der Waals surface area (Å²) < 4.78 is 0. The molecular formula is C13H19N3O3. The van der Waals surface area contributed by atoms with Crippen LogP contribution in [0.1, 0.15) is 29.8 Å². The number of amidine groups is 1. The number of hydrogen-bond acceptors (Lipinski definition) is 4. The molecule has 0 bridgehead atoms. The van der Waals surface area contributed by atoms with Crippen molar-refractivity contribution in [1.82, 2.24) is 5.32 Å². The van der Waals surface area contributed by atoms with Gasteiger partial charge in [0.15, 0.2) is 0 Å². The van der Waals surface area contributed by atoms with Crippen molar-refractivity contribution in [3.63, 3.8) is 0 Å². The monoisotopic (exact) mass is 265 g/mol. The normalized spacial score (nSPS) is 12.3. The number of nitrogens with two attached hydrogens (primary N) is 1. The highest BCUT2D eigenvalue weighted by atomic mass is 16.4. The van der Waals surface area contributed by atoms with Gasteiger partial charge in [0.05, 0.1) is 5.56 Å². The lowest BCUT2D eigenvalue weighted by atomic mass is 9.92. The maximum absolute atomic E-state index is 11.9. The topological polar surface area (TPSA) is 108 Å². The molecule has 0 unspecified atom stereocenters. The second kappa shape index (κ2) is 5.60. The van der Waals surface area contributed by atoms with Crippen molar-refractivity contribution in [3.8, 4) is 5.75 Å². The number of aryl methyl sites for hydroxylation is 1. The van der Waals surface area contributed by atoms with Gasteiger partial charge in [0.1, 0.15) is 11.6 Å². The largest absolute Gasteiger partial charge is 0.507 e. The smallest absolute Gasteiger partial charge is 0.255 e. The van der Waals surface area contributed by atoms with Crippen molar-refractivity contribution in [2.24, 2.45) is 16.3 Å². The number of rotatable bonds is 4. The average molecular weight is 265 g/mol. The lowest BCUT2D eigenvalue weighted by Gasteiger charge is -2.23. The van der Waals surface area contributed by atoms with Gasteiger partial charge in [-0.2, -0.15) is 0 Å². The molecule has 5 N–H and O–H groups in total. The fourth-order valence-corrected chi connectivity index (χ4v) is 1.46. The fraction of sp³-hybridized carbons (Fsp3) is 0.385. The maximum atomic E-state index is 11.9. The van der Waals surface area contributed by atoms with Crippen molar-refractivity contribution in [3.05, 3.63) is 29.3 Å². The third kappa shape index (κ3) is 3.61. The standard InChI is InChI=1S/C13H19N3O3/c1-8-4-5-9(10(17)6-8)11(18)15-7-13(2,3)12(14)16-19/h4-6,17,19H,7H2,1-3H3,(H2,14,16)(H,15,18). The van der Waals surface area contributed by atoms with E-state index in [-0.39, 0.29) is 23.7 Å². The van der Waals surface area contributed by atoms with Crippen LogP contribution in [0.2, 0.25) is 0 Å². The molecule has 0 atom stereocenters. The Morgan fingerprint density at radius 2 is 2.11 bits per heavy atom. The van der Waals surface area contributed by atoms with E-state index in [1.54, 1.807) is 26.0 Å². The van der Waals surface area contributed by atoms with Gasteiger partial charge in [-0.3, -0.25) is 4.79 Å². The number of oxime groups is 1. The van der Waals surface area contributed by atoms with E-state index in [0.717, 1.165) is 5.56 Å². The number of carbonyl (C=O) groups excluding carboxylic acids is 1. The van der Waals surface area contributed by atoms with Gasteiger partial charge in [-0.1, -0.05) is 25.1 Å². The van der Waals surface area contributed by atoms with Crippen LogP contribution in [0.5, 0.6) is 5.75 Å². The number of amides is 1. The zero-order valence-corrected chi connectivity index (χ0v) is 11.3. The summed E-state index contributed by atoms with van der Waals surface area (Å²) in [4.78, 5) is 11.9. The molecule has 0 fully saturated rings. The number of nitrogens with zero attached hydrogens (tertiary/aromatic N) is 1. The van der Waals surface area contributed by atoms with Gasteiger partial charge in [-0.15, -0.1) is 0 Å². The fourth-order valence-electron chi connectivity index (χ4n) is 1.46. The Morgan fingerprint density at radius 1 is 1.47 bits per heavy atom. The Morgan fingerprint density at radius 3 is 2.63 bits per heavy atom. The van der Waals surface area contributed by atoms with Crippen molar-refractivity contribution in [1.29, 1.82) is 0 Å². The van der Waals surface area contributed by atoms with Crippen LogP contribution >= 0.6 is 0 Å². The van der Waals surface area contributed by atoms with Crippen molar-refractivity contribution >= 4 is 11.7 Å². The molecular weight excluding hydrogens is 246 g/mol. The van der Waals surface area contributed by atoms with Gasteiger partial charge in [-0.05, 0) is 24.6 Å². The lowest BCUT2D eigenvalue weighted by Crippen LogP contribution is -2.42. The minimum atomic E-state index is -0.676. The molecule has 19 heavy (non-hydrogen) atoms. The van der Waals surface area contributed by atoms with Gasteiger partial charge in [0, 0.05) is 12.0 Å². The van der Waals surface area contributed by atoms with E-state index in [1.807, 2.05) is 6.92 Å². The Bertz CT molecular complexity index is 510. The molecule has 0 saturated heterocycles. The molecule has 0 aromatic heterocycles. The molecule has 104 valence electrons. The summed E-state index contributed by atoms with van der Waals surface area (Å²) in [6, 6.07) is 4.81. The first-order chi connectivity index (χ1) is 8.77. The van der Waals surface area contributed by atoms with Crippen molar-refractivity contribution in [2.75, 3.05) is 6.54 Å². The number of nitrogens with one attached hydrogen (secondary N) is 1. The molecule has 0 saturated carbocycles. The Kier molecular flexibility index (Phi) is 4.37.